The first-order valence-corrected chi connectivity index (χ1v) is 6.92. The summed E-state index contributed by atoms with van der Waals surface area (Å²) in [6.07, 6.45) is 0. The second kappa shape index (κ2) is 5.69. The van der Waals surface area contributed by atoms with E-state index in [0.717, 1.165) is 11.3 Å². The summed E-state index contributed by atoms with van der Waals surface area (Å²) >= 11 is 7.28. The average Bonchev–Trinajstić information content (AvgIpc) is 2.78. The number of amides is 1. The van der Waals surface area contributed by atoms with Crippen LogP contribution >= 0.6 is 22.9 Å². The van der Waals surface area contributed by atoms with E-state index < -0.39 is 11.9 Å². The molecule has 4 nitrogen and oxygen atoms in total. The number of carbonyl (C=O) groups excluding carboxylic acids is 1. The maximum absolute atomic E-state index is 11.5. The zero-order valence-electron chi connectivity index (χ0n) is 10.6. The normalized spacial score (nSPS) is 12.6. The summed E-state index contributed by atoms with van der Waals surface area (Å²) in [6, 6.07) is 6.93. The molecule has 1 aromatic heterocycles. The van der Waals surface area contributed by atoms with Crippen molar-refractivity contribution >= 4 is 28.8 Å². The number of aromatic nitrogens is 1. The molecule has 100 valence electrons. The molecule has 1 unspecified atom stereocenters. The SMILES string of the molecule is CN(C)C(C(N)=O)c1nc(-c2ccc(Cl)cc2)cs1. The lowest BCUT2D eigenvalue weighted by molar-refractivity contribution is -0.122. The van der Waals surface area contributed by atoms with Gasteiger partial charge in [-0.1, -0.05) is 23.7 Å². The van der Waals surface area contributed by atoms with Crippen LogP contribution in [0.3, 0.4) is 0 Å². The van der Waals surface area contributed by atoms with Crippen molar-refractivity contribution in [2.45, 2.75) is 6.04 Å². The Morgan fingerprint density at radius 1 is 1.37 bits per heavy atom. The number of primary amides is 1. The zero-order chi connectivity index (χ0) is 14.0. The van der Waals surface area contributed by atoms with Crippen LogP contribution in [-0.2, 0) is 4.79 Å². The van der Waals surface area contributed by atoms with Gasteiger partial charge in [-0.2, -0.15) is 0 Å². The third kappa shape index (κ3) is 3.12. The van der Waals surface area contributed by atoms with Crippen LogP contribution < -0.4 is 5.73 Å². The van der Waals surface area contributed by atoms with Gasteiger partial charge in [0.1, 0.15) is 11.0 Å². The number of halogens is 1. The van der Waals surface area contributed by atoms with Gasteiger partial charge in [0.15, 0.2) is 0 Å². The largest absolute Gasteiger partial charge is 0.368 e. The van der Waals surface area contributed by atoms with E-state index in [9.17, 15) is 4.79 Å². The summed E-state index contributed by atoms with van der Waals surface area (Å²) in [5, 5.41) is 3.29. The Bertz CT molecular complexity index is 580. The molecule has 0 fully saturated rings. The molecule has 2 aromatic rings. The second-order valence-corrected chi connectivity index (χ2v) is 5.67. The molecular weight excluding hydrogens is 282 g/mol. The van der Waals surface area contributed by atoms with E-state index in [1.807, 2.05) is 29.6 Å². The fourth-order valence-electron chi connectivity index (χ4n) is 1.76. The minimum absolute atomic E-state index is 0.401. The van der Waals surface area contributed by atoms with Crippen molar-refractivity contribution in [3.63, 3.8) is 0 Å². The van der Waals surface area contributed by atoms with Crippen LogP contribution in [0.5, 0.6) is 0 Å². The van der Waals surface area contributed by atoms with Crippen molar-refractivity contribution < 1.29 is 4.79 Å². The molecule has 6 heteroatoms. The first-order chi connectivity index (χ1) is 8.99. The van der Waals surface area contributed by atoms with E-state index in [1.54, 1.807) is 19.0 Å². The Morgan fingerprint density at radius 2 is 2.00 bits per heavy atom. The lowest BCUT2D eigenvalue weighted by Crippen LogP contribution is -2.32. The molecular formula is C13H14ClN3OS. The van der Waals surface area contributed by atoms with Crippen molar-refractivity contribution in [1.29, 1.82) is 0 Å². The molecule has 0 saturated carbocycles. The topological polar surface area (TPSA) is 59.2 Å². The number of likely N-dealkylation sites (N-methyl/N-ethyl adjacent to an activating group) is 1. The summed E-state index contributed by atoms with van der Waals surface area (Å²) in [5.41, 5.74) is 7.20. The van der Waals surface area contributed by atoms with E-state index >= 15 is 0 Å². The molecule has 1 aromatic carbocycles. The highest BCUT2D eigenvalue weighted by Gasteiger charge is 2.23. The quantitative estimate of drug-likeness (QED) is 0.943. The summed E-state index contributed by atoms with van der Waals surface area (Å²) in [5.74, 6) is -0.401. The Hall–Kier alpha value is -1.43. The number of carbonyl (C=O) groups is 1. The van der Waals surface area contributed by atoms with Crippen LogP contribution in [0.2, 0.25) is 5.02 Å². The molecule has 19 heavy (non-hydrogen) atoms. The summed E-state index contributed by atoms with van der Waals surface area (Å²) in [4.78, 5) is 17.7. The number of rotatable bonds is 4. The Balaban J connectivity index is 2.32. The van der Waals surface area contributed by atoms with E-state index in [2.05, 4.69) is 4.98 Å². The van der Waals surface area contributed by atoms with Gasteiger partial charge >= 0.3 is 0 Å². The minimum atomic E-state index is -0.494. The number of hydrogen-bond acceptors (Lipinski definition) is 4. The highest BCUT2D eigenvalue weighted by molar-refractivity contribution is 7.10. The fourth-order valence-corrected chi connectivity index (χ4v) is 2.92. The van der Waals surface area contributed by atoms with Crippen molar-refractivity contribution in [3.05, 3.63) is 39.7 Å². The van der Waals surface area contributed by atoms with E-state index in [1.165, 1.54) is 11.3 Å². The number of nitrogens with zero attached hydrogens (tertiary/aromatic N) is 2. The Morgan fingerprint density at radius 3 is 2.53 bits per heavy atom. The van der Waals surface area contributed by atoms with E-state index in [0.29, 0.717) is 10.0 Å². The second-order valence-electron chi connectivity index (χ2n) is 4.35. The van der Waals surface area contributed by atoms with Gasteiger partial charge in [0.2, 0.25) is 5.91 Å². The monoisotopic (exact) mass is 295 g/mol. The predicted molar refractivity (Wildman–Crippen MR) is 78.2 cm³/mol. The third-order valence-electron chi connectivity index (χ3n) is 2.68. The van der Waals surface area contributed by atoms with E-state index in [4.69, 9.17) is 17.3 Å². The van der Waals surface area contributed by atoms with E-state index in [-0.39, 0.29) is 0 Å². The Kier molecular flexibility index (Phi) is 4.19. The molecule has 1 amide bonds. The molecule has 1 heterocycles. The van der Waals surface area contributed by atoms with Gasteiger partial charge in [-0.05, 0) is 26.2 Å². The van der Waals surface area contributed by atoms with Gasteiger partial charge < -0.3 is 5.73 Å². The average molecular weight is 296 g/mol. The number of benzene rings is 1. The van der Waals surface area contributed by atoms with Crippen molar-refractivity contribution in [3.8, 4) is 11.3 Å². The molecule has 0 spiro atoms. The number of hydrogen-bond donors (Lipinski definition) is 1. The lowest BCUT2D eigenvalue weighted by atomic mass is 10.2. The van der Waals surface area contributed by atoms with Gasteiger partial charge in [0.05, 0.1) is 5.69 Å². The van der Waals surface area contributed by atoms with Crippen LogP contribution in [-0.4, -0.2) is 29.9 Å². The van der Waals surface area contributed by atoms with Crippen LogP contribution in [0.15, 0.2) is 29.6 Å². The molecule has 2 N–H and O–H groups in total. The lowest BCUT2D eigenvalue weighted by Gasteiger charge is -2.18. The van der Waals surface area contributed by atoms with Crippen LogP contribution in [0.25, 0.3) is 11.3 Å². The number of thiazole rings is 1. The molecule has 1 atom stereocenters. The maximum atomic E-state index is 11.5. The molecule has 0 aliphatic rings. The van der Waals surface area contributed by atoms with Crippen LogP contribution in [0, 0.1) is 0 Å². The zero-order valence-corrected chi connectivity index (χ0v) is 12.2. The molecule has 2 rings (SSSR count). The molecule has 0 saturated heterocycles. The molecule has 0 bridgehead atoms. The Labute approximate surface area is 120 Å². The van der Waals surface area contributed by atoms with Crippen LogP contribution in [0.4, 0.5) is 0 Å². The van der Waals surface area contributed by atoms with Crippen molar-refractivity contribution in [2.24, 2.45) is 5.73 Å². The predicted octanol–water partition coefficient (Wildman–Crippen LogP) is 2.55. The van der Waals surface area contributed by atoms with Gasteiger partial charge in [-0.15, -0.1) is 11.3 Å². The first kappa shape index (κ1) is 14.0. The molecule has 0 aliphatic carbocycles. The first-order valence-electron chi connectivity index (χ1n) is 5.66. The number of nitrogens with two attached hydrogens (primary N) is 1. The summed E-state index contributed by atoms with van der Waals surface area (Å²) < 4.78 is 0. The molecule has 0 aliphatic heterocycles. The third-order valence-corrected chi connectivity index (χ3v) is 3.83. The van der Waals surface area contributed by atoms with Gasteiger partial charge in [0.25, 0.3) is 0 Å². The maximum Gasteiger partial charge on any atom is 0.241 e. The standard InChI is InChI=1S/C13H14ClN3OS/c1-17(2)11(12(15)18)13-16-10(7-19-13)8-3-5-9(14)6-4-8/h3-7,11H,1-2H3,(H2,15,18). The fraction of sp³-hybridized carbons (Fsp3) is 0.231. The van der Waals surface area contributed by atoms with Gasteiger partial charge in [-0.25, -0.2) is 4.98 Å². The van der Waals surface area contributed by atoms with Gasteiger partial charge in [-0.3, -0.25) is 9.69 Å². The molecule has 0 radical (unpaired) electrons. The van der Waals surface area contributed by atoms with Crippen molar-refractivity contribution in [1.82, 2.24) is 9.88 Å². The summed E-state index contributed by atoms with van der Waals surface area (Å²) in [6.45, 7) is 0. The summed E-state index contributed by atoms with van der Waals surface area (Å²) in [7, 11) is 3.61. The minimum Gasteiger partial charge on any atom is -0.368 e. The van der Waals surface area contributed by atoms with Crippen molar-refractivity contribution in [2.75, 3.05) is 14.1 Å². The highest BCUT2D eigenvalue weighted by atomic mass is 35.5. The van der Waals surface area contributed by atoms with Crippen LogP contribution in [0.1, 0.15) is 11.0 Å². The smallest absolute Gasteiger partial charge is 0.241 e. The van der Waals surface area contributed by atoms with Gasteiger partial charge in [0, 0.05) is 16.0 Å². The highest BCUT2D eigenvalue weighted by Crippen LogP contribution is 2.28.